The number of rotatable bonds is 9. The monoisotopic (exact) mass is 493 g/mol. The molecule has 3 aromatic rings. The SMILES string of the molecule is Cc1ccc(NC(=O)Nc2nc(CCOc3ccc(C(=O)O)cc3)cs2)c(C(=O)C2CCCC2)c1. The van der Waals surface area contributed by atoms with Gasteiger partial charge in [-0.1, -0.05) is 24.5 Å². The summed E-state index contributed by atoms with van der Waals surface area (Å²) < 4.78 is 5.64. The van der Waals surface area contributed by atoms with Gasteiger partial charge in [0.25, 0.3) is 0 Å². The first-order valence-electron chi connectivity index (χ1n) is 11.5. The van der Waals surface area contributed by atoms with Gasteiger partial charge in [-0.05, 0) is 56.2 Å². The number of thiazole rings is 1. The summed E-state index contributed by atoms with van der Waals surface area (Å²) in [4.78, 5) is 40.9. The van der Waals surface area contributed by atoms with Gasteiger partial charge in [0.15, 0.2) is 10.9 Å². The Morgan fingerprint density at radius 3 is 2.54 bits per heavy atom. The largest absolute Gasteiger partial charge is 0.493 e. The zero-order valence-electron chi connectivity index (χ0n) is 19.4. The number of aromatic carboxylic acids is 1. The van der Waals surface area contributed by atoms with E-state index >= 15 is 0 Å². The van der Waals surface area contributed by atoms with E-state index in [1.807, 2.05) is 24.4 Å². The first-order valence-corrected chi connectivity index (χ1v) is 12.4. The molecular weight excluding hydrogens is 466 g/mol. The maximum atomic E-state index is 13.0. The van der Waals surface area contributed by atoms with Gasteiger partial charge in [-0.25, -0.2) is 14.6 Å². The van der Waals surface area contributed by atoms with Crippen molar-refractivity contribution in [2.45, 2.75) is 39.0 Å². The molecule has 2 aromatic carbocycles. The smallest absolute Gasteiger partial charge is 0.335 e. The number of Topliss-reactive ketones (excluding diaryl/α,β-unsaturated/α-hetero) is 1. The number of anilines is 2. The number of carboxylic acid groups (broad SMARTS) is 1. The third kappa shape index (κ3) is 6.45. The molecule has 1 fully saturated rings. The molecule has 0 atom stereocenters. The highest BCUT2D eigenvalue weighted by molar-refractivity contribution is 7.13. The fraction of sp³-hybridized carbons (Fsp3) is 0.308. The Hall–Kier alpha value is -3.72. The van der Waals surface area contributed by atoms with E-state index < -0.39 is 12.0 Å². The van der Waals surface area contributed by atoms with Crippen LogP contribution in [0, 0.1) is 12.8 Å². The van der Waals surface area contributed by atoms with Crippen molar-refractivity contribution in [3.05, 3.63) is 70.2 Å². The standard InChI is InChI=1S/C26H27N3O5S/c1-16-6-11-22(21(14-16)23(30)17-4-2-3-5-17)28-25(33)29-26-27-19(15-35-26)12-13-34-20-9-7-18(8-10-20)24(31)32/h6-11,14-15,17H,2-5,12-13H2,1H3,(H,31,32)(H2,27,28,29,33). The summed E-state index contributed by atoms with van der Waals surface area (Å²) in [6.45, 7) is 2.29. The average molecular weight is 494 g/mol. The van der Waals surface area contributed by atoms with Gasteiger partial charge in [0.1, 0.15) is 5.75 Å². The lowest BCUT2D eigenvalue weighted by Gasteiger charge is -2.14. The van der Waals surface area contributed by atoms with Crippen LogP contribution in [-0.4, -0.2) is 34.5 Å². The van der Waals surface area contributed by atoms with Crippen molar-refractivity contribution in [2.24, 2.45) is 5.92 Å². The van der Waals surface area contributed by atoms with Crippen molar-refractivity contribution in [1.82, 2.24) is 4.98 Å². The Morgan fingerprint density at radius 1 is 1.09 bits per heavy atom. The Labute approximate surface area is 207 Å². The van der Waals surface area contributed by atoms with Gasteiger partial charge >= 0.3 is 12.0 Å². The first kappa shape index (κ1) is 24.4. The molecule has 8 nitrogen and oxygen atoms in total. The zero-order chi connectivity index (χ0) is 24.8. The van der Waals surface area contributed by atoms with Crippen LogP contribution in [0.25, 0.3) is 0 Å². The molecular formula is C26H27N3O5S. The number of aryl methyl sites for hydroxylation is 1. The number of urea groups is 1. The van der Waals surface area contributed by atoms with Gasteiger partial charge in [0.05, 0.1) is 23.6 Å². The van der Waals surface area contributed by atoms with Crippen LogP contribution in [-0.2, 0) is 6.42 Å². The lowest BCUT2D eigenvalue weighted by atomic mass is 9.94. The fourth-order valence-electron chi connectivity index (χ4n) is 4.08. The molecule has 1 aromatic heterocycles. The highest BCUT2D eigenvalue weighted by Crippen LogP contribution is 2.31. The number of amides is 2. The lowest BCUT2D eigenvalue weighted by molar-refractivity contribution is 0.0696. The fourth-order valence-corrected chi connectivity index (χ4v) is 4.82. The molecule has 0 saturated heterocycles. The summed E-state index contributed by atoms with van der Waals surface area (Å²) in [5, 5.41) is 16.8. The molecule has 9 heteroatoms. The summed E-state index contributed by atoms with van der Waals surface area (Å²) in [6, 6.07) is 11.2. The van der Waals surface area contributed by atoms with Gasteiger partial charge in [-0.2, -0.15) is 0 Å². The summed E-state index contributed by atoms with van der Waals surface area (Å²) in [5.41, 5.74) is 3.00. The molecule has 0 unspecified atom stereocenters. The number of hydrogen-bond donors (Lipinski definition) is 3. The number of nitrogens with one attached hydrogen (secondary N) is 2. The van der Waals surface area contributed by atoms with E-state index in [4.69, 9.17) is 9.84 Å². The van der Waals surface area contributed by atoms with E-state index in [1.165, 1.54) is 23.5 Å². The number of ketones is 1. The molecule has 1 aliphatic carbocycles. The van der Waals surface area contributed by atoms with E-state index in [-0.39, 0.29) is 17.3 Å². The number of carbonyl (C=O) groups excluding carboxylic acids is 2. The summed E-state index contributed by atoms with van der Waals surface area (Å²) in [6.07, 6.45) is 4.47. The number of ether oxygens (including phenoxy) is 1. The minimum absolute atomic E-state index is 0.0271. The van der Waals surface area contributed by atoms with Crippen molar-refractivity contribution in [3.8, 4) is 5.75 Å². The Bertz CT molecular complexity index is 1220. The van der Waals surface area contributed by atoms with Gasteiger partial charge < -0.3 is 15.2 Å². The van der Waals surface area contributed by atoms with E-state index in [9.17, 15) is 14.4 Å². The molecule has 0 bridgehead atoms. The van der Waals surface area contributed by atoms with Crippen molar-refractivity contribution >= 4 is 39.9 Å². The third-order valence-electron chi connectivity index (χ3n) is 5.92. The molecule has 0 radical (unpaired) electrons. The van der Waals surface area contributed by atoms with Gasteiger partial charge in [-0.3, -0.25) is 10.1 Å². The molecule has 0 aliphatic heterocycles. The van der Waals surface area contributed by atoms with Gasteiger partial charge in [0.2, 0.25) is 0 Å². The maximum absolute atomic E-state index is 13.0. The zero-order valence-corrected chi connectivity index (χ0v) is 20.2. The second-order valence-electron chi connectivity index (χ2n) is 8.55. The minimum Gasteiger partial charge on any atom is -0.493 e. The number of carboxylic acids is 1. The lowest BCUT2D eigenvalue weighted by Crippen LogP contribution is -2.22. The quantitative estimate of drug-likeness (QED) is 0.325. The number of nitrogens with zero attached hydrogens (tertiary/aromatic N) is 1. The van der Waals surface area contributed by atoms with Crippen LogP contribution < -0.4 is 15.4 Å². The summed E-state index contributed by atoms with van der Waals surface area (Å²) in [7, 11) is 0. The number of benzene rings is 2. The molecule has 1 aliphatic rings. The Morgan fingerprint density at radius 2 is 1.83 bits per heavy atom. The van der Waals surface area contributed by atoms with Crippen molar-refractivity contribution in [2.75, 3.05) is 17.2 Å². The minimum atomic E-state index is -0.984. The topological polar surface area (TPSA) is 118 Å². The van der Waals surface area contributed by atoms with Crippen LogP contribution in [0.5, 0.6) is 5.75 Å². The Balaban J connectivity index is 1.30. The maximum Gasteiger partial charge on any atom is 0.335 e. The molecule has 35 heavy (non-hydrogen) atoms. The van der Waals surface area contributed by atoms with E-state index in [0.717, 1.165) is 36.9 Å². The van der Waals surface area contributed by atoms with E-state index in [1.54, 1.807) is 18.2 Å². The van der Waals surface area contributed by atoms with Gasteiger partial charge in [0, 0.05) is 23.3 Å². The van der Waals surface area contributed by atoms with Crippen LogP contribution in [0.15, 0.2) is 47.8 Å². The van der Waals surface area contributed by atoms with E-state index in [0.29, 0.717) is 35.2 Å². The van der Waals surface area contributed by atoms with Crippen LogP contribution in [0.1, 0.15) is 57.7 Å². The average Bonchev–Trinajstić information content (AvgIpc) is 3.53. The predicted octanol–water partition coefficient (Wildman–Crippen LogP) is 5.79. The molecule has 4 rings (SSSR count). The van der Waals surface area contributed by atoms with E-state index in [2.05, 4.69) is 15.6 Å². The highest BCUT2D eigenvalue weighted by Gasteiger charge is 2.26. The van der Waals surface area contributed by atoms with Crippen LogP contribution in [0.4, 0.5) is 15.6 Å². The van der Waals surface area contributed by atoms with Crippen LogP contribution >= 0.6 is 11.3 Å². The number of hydrogen-bond acceptors (Lipinski definition) is 6. The highest BCUT2D eigenvalue weighted by atomic mass is 32.1. The van der Waals surface area contributed by atoms with Crippen LogP contribution in [0.3, 0.4) is 0 Å². The number of aromatic nitrogens is 1. The number of carbonyl (C=O) groups is 3. The Kier molecular flexibility index (Phi) is 7.77. The van der Waals surface area contributed by atoms with Crippen LogP contribution in [0.2, 0.25) is 0 Å². The molecule has 2 amide bonds. The molecule has 1 saturated carbocycles. The third-order valence-corrected chi connectivity index (χ3v) is 6.72. The van der Waals surface area contributed by atoms with Gasteiger partial charge in [-0.15, -0.1) is 11.3 Å². The summed E-state index contributed by atoms with van der Waals surface area (Å²) >= 11 is 1.30. The second-order valence-corrected chi connectivity index (χ2v) is 9.40. The van der Waals surface area contributed by atoms with Crippen molar-refractivity contribution in [3.63, 3.8) is 0 Å². The molecule has 1 heterocycles. The predicted molar refractivity (Wildman–Crippen MR) is 135 cm³/mol. The first-order chi connectivity index (χ1) is 16.9. The van der Waals surface area contributed by atoms with Crippen molar-refractivity contribution < 1.29 is 24.2 Å². The molecule has 182 valence electrons. The summed E-state index contributed by atoms with van der Waals surface area (Å²) in [5.74, 6) is -0.291. The molecule has 3 N–H and O–H groups in total. The normalized spacial score (nSPS) is 13.4. The second kappa shape index (κ2) is 11.1. The van der Waals surface area contributed by atoms with Crippen molar-refractivity contribution in [1.29, 1.82) is 0 Å². The molecule has 0 spiro atoms.